The Morgan fingerprint density at radius 3 is 1.31 bits per heavy atom. The third-order valence-electron chi connectivity index (χ3n) is 9.90. The first-order valence-corrected chi connectivity index (χ1v) is 24.2. The first-order chi connectivity index (χ1) is 26.3. The van der Waals surface area contributed by atoms with Crippen LogP contribution in [0.15, 0.2) is 12.2 Å². The quantitative estimate of drug-likeness (QED) is 0.0268. The largest absolute Gasteiger partial charge is 0.472 e. The molecule has 0 amide bonds. The molecule has 9 nitrogen and oxygen atoms in total. The number of allylic oxidation sites excluding steroid dienone is 2. The van der Waals surface area contributed by atoms with Gasteiger partial charge in [0.25, 0.3) is 0 Å². The van der Waals surface area contributed by atoms with Crippen LogP contribution in [-0.2, 0) is 32.7 Å². The van der Waals surface area contributed by atoms with Crippen molar-refractivity contribution < 1.29 is 37.6 Å². The molecular weight excluding hydrogens is 701 g/mol. The number of carbonyl (C=O) groups excluding carboxylic acids is 2. The number of phosphoric ester groups is 1. The smallest absolute Gasteiger partial charge is 0.462 e. The second kappa shape index (κ2) is 41.4. The standard InChI is InChI=1S/C44H86NO8P/c1-3-5-7-9-11-13-15-17-19-20-21-22-23-25-26-28-30-32-34-36-43(46)50-40-42(41-52-54(48,49)51-39-38-45)53-44(47)37-35-33-31-29-27-24-18-16-14-12-10-8-6-4-2/h17,19,42H,3-16,18,20-41,45H2,1-2H3,(H,48,49)/b19-17+/t42-/m0/s1. The van der Waals surface area contributed by atoms with Crippen molar-refractivity contribution in [2.45, 2.75) is 232 Å². The highest BCUT2D eigenvalue weighted by Crippen LogP contribution is 2.43. The van der Waals surface area contributed by atoms with Gasteiger partial charge in [-0.3, -0.25) is 18.6 Å². The number of rotatable bonds is 43. The Morgan fingerprint density at radius 2 is 0.907 bits per heavy atom. The summed E-state index contributed by atoms with van der Waals surface area (Å²) < 4.78 is 32.8. The average Bonchev–Trinajstić information content (AvgIpc) is 3.16. The number of phosphoric acid groups is 1. The van der Waals surface area contributed by atoms with Crippen molar-refractivity contribution in [3.05, 3.63) is 12.2 Å². The first-order valence-electron chi connectivity index (χ1n) is 22.7. The van der Waals surface area contributed by atoms with Crippen LogP contribution in [0.25, 0.3) is 0 Å². The molecule has 320 valence electrons. The van der Waals surface area contributed by atoms with Gasteiger partial charge in [0.1, 0.15) is 6.61 Å². The van der Waals surface area contributed by atoms with Crippen molar-refractivity contribution in [1.29, 1.82) is 0 Å². The highest BCUT2D eigenvalue weighted by Gasteiger charge is 2.26. The van der Waals surface area contributed by atoms with Gasteiger partial charge in [-0.05, 0) is 38.5 Å². The van der Waals surface area contributed by atoms with E-state index in [0.717, 1.165) is 32.1 Å². The summed E-state index contributed by atoms with van der Waals surface area (Å²) in [5, 5.41) is 0. The molecule has 0 aliphatic carbocycles. The summed E-state index contributed by atoms with van der Waals surface area (Å²) >= 11 is 0. The normalized spacial score (nSPS) is 13.3. The van der Waals surface area contributed by atoms with Crippen LogP contribution in [0.2, 0.25) is 0 Å². The summed E-state index contributed by atoms with van der Waals surface area (Å²) in [5.74, 6) is -0.819. The Balaban J connectivity index is 4.07. The lowest BCUT2D eigenvalue weighted by Gasteiger charge is -2.19. The van der Waals surface area contributed by atoms with Crippen LogP contribution in [0, 0.1) is 0 Å². The van der Waals surface area contributed by atoms with Crippen molar-refractivity contribution in [2.75, 3.05) is 26.4 Å². The lowest BCUT2D eigenvalue weighted by atomic mass is 10.0. The van der Waals surface area contributed by atoms with E-state index >= 15 is 0 Å². The number of hydrogen-bond donors (Lipinski definition) is 2. The molecular formula is C44H86NO8P. The van der Waals surface area contributed by atoms with Crippen molar-refractivity contribution >= 4 is 19.8 Å². The molecule has 0 saturated heterocycles. The molecule has 10 heteroatoms. The Hall–Kier alpha value is -1.25. The zero-order valence-electron chi connectivity index (χ0n) is 35.2. The van der Waals surface area contributed by atoms with Crippen LogP contribution in [0.5, 0.6) is 0 Å². The fraction of sp³-hybridized carbons (Fsp3) is 0.909. The molecule has 0 aromatic carbocycles. The zero-order chi connectivity index (χ0) is 39.6. The van der Waals surface area contributed by atoms with Gasteiger partial charge in [-0.1, -0.05) is 187 Å². The number of esters is 2. The van der Waals surface area contributed by atoms with Gasteiger partial charge in [-0.15, -0.1) is 0 Å². The van der Waals surface area contributed by atoms with Crippen LogP contribution in [-0.4, -0.2) is 49.3 Å². The van der Waals surface area contributed by atoms with Crippen LogP contribution in [0.4, 0.5) is 0 Å². The maximum absolute atomic E-state index is 12.6. The molecule has 0 aliphatic heterocycles. The minimum atomic E-state index is -4.37. The third-order valence-corrected chi connectivity index (χ3v) is 10.9. The maximum Gasteiger partial charge on any atom is 0.472 e. The summed E-state index contributed by atoms with van der Waals surface area (Å²) in [6, 6.07) is 0. The number of hydrogen-bond acceptors (Lipinski definition) is 8. The topological polar surface area (TPSA) is 134 Å². The van der Waals surface area contributed by atoms with E-state index in [9.17, 15) is 19.0 Å². The molecule has 0 spiro atoms. The third kappa shape index (κ3) is 40.4. The maximum atomic E-state index is 12.6. The number of nitrogens with two attached hydrogens (primary N) is 1. The summed E-state index contributed by atoms with van der Waals surface area (Å²) in [6.45, 7) is 3.76. The van der Waals surface area contributed by atoms with E-state index in [4.69, 9.17) is 24.3 Å². The average molecular weight is 788 g/mol. The van der Waals surface area contributed by atoms with Gasteiger partial charge in [0.05, 0.1) is 13.2 Å². The number of ether oxygens (including phenoxy) is 2. The molecule has 1 unspecified atom stereocenters. The molecule has 0 bridgehead atoms. The van der Waals surface area contributed by atoms with E-state index in [1.54, 1.807) is 0 Å². The molecule has 0 radical (unpaired) electrons. The summed E-state index contributed by atoms with van der Waals surface area (Å²) in [4.78, 5) is 34.9. The molecule has 0 aromatic rings. The Bertz CT molecular complexity index is 902. The van der Waals surface area contributed by atoms with Crippen molar-refractivity contribution in [3.8, 4) is 0 Å². The number of unbranched alkanes of at least 4 members (excludes halogenated alkanes) is 28. The van der Waals surface area contributed by atoms with Crippen LogP contribution >= 0.6 is 7.82 Å². The van der Waals surface area contributed by atoms with E-state index < -0.39 is 26.5 Å². The minimum absolute atomic E-state index is 0.0562. The SMILES string of the molecule is CCCCCCCC/C=C/CCCCCCCCCCCC(=O)OC[C@@H](COP(=O)(O)OCCN)OC(=O)CCCCCCCCCCCCCCCC. The van der Waals surface area contributed by atoms with E-state index in [1.165, 1.54) is 161 Å². The Morgan fingerprint density at radius 1 is 0.537 bits per heavy atom. The van der Waals surface area contributed by atoms with Crippen molar-refractivity contribution in [2.24, 2.45) is 5.73 Å². The molecule has 0 aromatic heterocycles. The highest BCUT2D eigenvalue weighted by molar-refractivity contribution is 7.47. The van der Waals surface area contributed by atoms with Crippen LogP contribution in [0.1, 0.15) is 226 Å². The Kier molecular flexibility index (Phi) is 40.4. The predicted molar refractivity (Wildman–Crippen MR) is 224 cm³/mol. The van der Waals surface area contributed by atoms with Gasteiger partial charge in [0.2, 0.25) is 0 Å². The van der Waals surface area contributed by atoms with Crippen molar-refractivity contribution in [3.63, 3.8) is 0 Å². The lowest BCUT2D eigenvalue weighted by Crippen LogP contribution is -2.29. The molecule has 0 heterocycles. The van der Waals surface area contributed by atoms with Gasteiger partial charge in [0.15, 0.2) is 6.10 Å². The van der Waals surface area contributed by atoms with Gasteiger partial charge in [-0.25, -0.2) is 4.57 Å². The van der Waals surface area contributed by atoms with E-state index in [-0.39, 0.29) is 38.6 Å². The van der Waals surface area contributed by atoms with Gasteiger partial charge >= 0.3 is 19.8 Å². The molecule has 3 N–H and O–H groups in total. The molecule has 0 fully saturated rings. The fourth-order valence-corrected chi connectivity index (χ4v) is 7.28. The fourth-order valence-electron chi connectivity index (χ4n) is 6.51. The van der Waals surface area contributed by atoms with Gasteiger partial charge < -0.3 is 20.1 Å². The molecule has 0 saturated carbocycles. The second-order valence-electron chi connectivity index (χ2n) is 15.3. The second-order valence-corrected chi connectivity index (χ2v) is 16.7. The summed E-state index contributed by atoms with van der Waals surface area (Å²) in [5.41, 5.74) is 5.35. The molecule has 0 rings (SSSR count). The monoisotopic (exact) mass is 788 g/mol. The van der Waals surface area contributed by atoms with E-state index in [2.05, 4.69) is 26.0 Å². The van der Waals surface area contributed by atoms with E-state index in [0.29, 0.717) is 6.42 Å². The van der Waals surface area contributed by atoms with Gasteiger partial charge in [0, 0.05) is 19.4 Å². The van der Waals surface area contributed by atoms with Crippen LogP contribution in [0.3, 0.4) is 0 Å². The van der Waals surface area contributed by atoms with Crippen LogP contribution < -0.4 is 5.73 Å². The summed E-state index contributed by atoms with van der Waals surface area (Å²) in [7, 11) is -4.37. The lowest BCUT2D eigenvalue weighted by molar-refractivity contribution is -0.161. The number of carbonyl (C=O) groups is 2. The zero-order valence-corrected chi connectivity index (χ0v) is 36.1. The minimum Gasteiger partial charge on any atom is -0.462 e. The highest BCUT2D eigenvalue weighted by atomic mass is 31.2. The molecule has 0 aliphatic rings. The van der Waals surface area contributed by atoms with Crippen molar-refractivity contribution in [1.82, 2.24) is 0 Å². The summed E-state index contributed by atoms with van der Waals surface area (Å²) in [6.07, 6.45) is 42.4. The van der Waals surface area contributed by atoms with Gasteiger partial charge in [-0.2, -0.15) is 0 Å². The van der Waals surface area contributed by atoms with E-state index in [1.807, 2.05) is 0 Å². The molecule has 54 heavy (non-hydrogen) atoms. The first kappa shape index (κ1) is 52.8. The Labute approximate surface area is 332 Å². The predicted octanol–water partition coefficient (Wildman–Crippen LogP) is 13.0. The molecule has 2 atom stereocenters.